The number of benzene rings is 2. The van der Waals surface area contributed by atoms with Gasteiger partial charge in [-0.05, 0) is 35.4 Å². The summed E-state index contributed by atoms with van der Waals surface area (Å²) in [6.45, 7) is 0.785. The van der Waals surface area contributed by atoms with Crippen molar-refractivity contribution in [2.45, 2.75) is 6.54 Å². The van der Waals surface area contributed by atoms with Crippen LogP contribution >= 0.6 is 0 Å². The second kappa shape index (κ2) is 6.13. The fraction of sp³-hybridized carbons (Fsp3) is 0.118. The van der Waals surface area contributed by atoms with Crippen LogP contribution in [0.2, 0.25) is 0 Å². The van der Waals surface area contributed by atoms with E-state index in [1.807, 2.05) is 18.3 Å². The van der Waals surface area contributed by atoms with Crippen LogP contribution in [0.4, 0.5) is 5.69 Å². The lowest BCUT2D eigenvalue weighted by Gasteiger charge is -2.08. The minimum atomic E-state index is 0.785. The Morgan fingerprint density at radius 3 is 2.43 bits per heavy atom. The molecule has 4 nitrogen and oxygen atoms in total. The van der Waals surface area contributed by atoms with E-state index in [9.17, 15) is 0 Å². The molecule has 1 heterocycles. The largest absolute Gasteiger partial charge is 0.497 e. The van der Waals surface area contributed by atoms with Crippen molar-refractivity contribution in [1.29, 1.82) is 0 Å². The van der Waals surface area contributed by atoms with E-state index >= 15 is 0 Å². The van der Waals surface area contributed by atoms with Crippen molar-refractivity contribution in [1.82, 2.24) is 9.97 Å². The zero-order valence-corrected chi connectivity index (χ0v) is 11.8. The summed E-state index contributed by atoms with van der Waals surface area (Å²) in [6.07, 6.45) is 3.50. The summed E-state index contributed by atoms with van der Waals surface area (Å²) < 4.78 is 5.15. The number of hydrogen-bond donors (Lipinski definition) is 2. The maximum absolute atomic E-state index is 5.15. The number of hydrogen-bond acceptors (Lipinski definition) is 3. The van der Waals surface area contributed by atoms with Crippen LogP contribution in [-0.4, -0.2) is 17.1 Å². The smallest absolute Gasteiger partial charge is 0.118 e. The molecule has 3 aromatic rings. The third kappa shape index (κ3) is 3.23. The van der Waals surface area contributed by atoms with Gasteiger partial charge in [0, 0.05) is 12.2 Å². The lowest BCUT2D eigenvalue weighted by Crippen LogP contribution is -1.99. The van der Waals surface area contributed by atoms with Crippen LogP contribution in [0.5, 0.6) is 5.75 Å². The second-order valence-electron chi connectivity index (χ2n) is 4.74. The third-order valence-corrected chi connectivity index (χ3v) is 3.35. The number of H-pyrrole nitrogens is 1. The molecule has 0 unspecified atom stereocenters. The minimum absolute atomic E-state index is 0.785. The number of aromatic amines is 1. The Hall–Kier alpha value is -2.75. The van der Waals surface area contributed by atoms with Gasteiger partial charge in [-0.25, -0.2) is 4.98 Å². The number of imidazole rings is 1. The van der Waals surface area contributed by atoms with Gasteiger partial charge in [-0.1, -0.05) is 24.3 Å². The number of ether oxygens (including phenoxy) is 1. The Labute approximate surface area is 123 Å². The van der Waals surface area contributed by atoms with Gasteiger partial charge in [0.2, 0.25) is 0 Å². The molecule has 0 atom stereocenters. The van der Waals surface area contributed by atoms with Crippen LogP contribution in [0, 0.1) is 0 Å². The highest BCUT2D eigenvalue weighted by molar-refractivity contribution is 5.61. The summed E-state index contributed by atoms with van der Waals surface area (Å²) >= 11 is 0. The van der Waals surface area contributed by atoms with Gasteiger partial charge in [-0.15, -0.1) is 0 Å². The number of anilines is 1. The van der Waals surface area contributed by atoms with Crippen LogP contribution in [0.15, 0.2) is 61.1 Å². The van der Waals surface area contributed by atoms with E-state index in [4.69, 9.17) is 4.74 Å². The molecular formula is C17H17N3O. The molecule has 0 bridgehead atoms. The van der Waals surface area contributed by atoms with E-state index in [1.54, 1.807) is 13.4 Å². The fourth-order valence-electron chi connectivity index (χ4n) is 2.13. The average Bonchev–Trinajstić information content (AvgIpc) is 3.08. The number of nitrogens with zero attached hydrogens (tertiary/aromatic N) is 1. The van der Waals surface area contributed by atoms with Gasteiger partial charge in [0.15, 0.2) is 0 Å². The maximum atomic E-state index is 5.15. The summed E-state index contributed by atoms with van der Waals surface area (Å²) in [5.74, 6) is 0.877. The third-order valence-electron chi connectivity index (χ3n) is 3.35. The lowest BCUT2D eigenvalue weighted by molar-refractivity contribution is 0.414. The highest BCUT2D eigenvalue weighted by Crippen LogP contribution is 2.19. The molecule has 0 aliphatic heterocycles. The van der Waals surface area contributed by atoms with Crippen molar-refractivity contribution >= 4 is 5.69 Å². The molecule has 0 aliphatic rings. The zero-order chi connectivity index (χ0) is 14.5. The predicted octanol–water partition coefficient (Wildman–Crippen LogP) is 3.70. The molecule has 1 aromatic heterocycles. The topological polar surface area (TPSA) is 49.9 Å². The molecular weight excluding hydrogens is 262 g/mol. The van der Waals surface area contributed by atoms with Gasteiger partial charge < -0.3 is 15.0 Å². The zero-order valence-electron chi connectivity index (χ0n) is 11.8. The first kappa shape index (κ1) is 13.2. The molecule has 2 N–H and O–H groups in total. The minimum Gasteiger partial charge on any atom is -0.497 e. The molecule has 0 radical (unpaired) electrons. The predicted molar refractivity (Wildman–Crippen MR) is 84.3 cm³/mol. The number of rotatable bonds is 5. The van der Waals surface area contributed by atoms with Crippen molar-refractivity contribution in [3.8, 4) is 17.0 Å². The molecule has 21 heavy (non-hydrogen) atoms. The van der Waals surface area contributed by atoms with E-state index in [1.165, 1.54) is 5.56 Å². The van der Waals surface area contributed by atoms with Crippen LogP contribution in [-0.2, 0) is 6.54 Å². The van der Waals surface area contributed by atoms with Crippen molar-refractivity contribution in [3.63, 3.8) is 0 Å². The van der Waals surface area contributed by atoms with Gasteiger partial charge >= 0.3 is 0 Å². The normalized spacial score (nSPS) is 10.3. The Kier molecular flexibility index (Phi) is 3.87. The molecule has 0 saturated heterocycles. The van der Waals surface area contributed by atoms with Crippen LogP contribution in [0.25, 0.3) is 11.3 Å². The van der Waals surface area contributed by atoms with Crippen molar-refractivity contribution in [2.75, 3.05) is 12.4 Å². The van der Waals surface area contributed by atoms with E-state index < -0.39 is 0 Å². The van der Waals surface area contributed by atoms with Gasteiger partial charge in [0.1, 0.15) is 5.75 Å². The summed E-state index contributed by atoms with van der Waals surface area (Å²) in [4.78, 5) is 7.13. The fourth-order valence-corrected chi connectivity index (χ4v) is 2.13. The van der Waals surface area contributed by atoms with Gasteiger partial charge in [0.25, 0.3) is 0 Å². The van der Waals surface area contributed by atoms with Gasteiger partial charge in [-0.2, -0.15) is 0 Å². The quantitative estimate of drug-likeness (QED) is 0.748. The maximum Gasteiger partial charge on any atom is 0.118 e. The van der Waals surface area contributed by atoms with Crippen LogP contribution in [0.3, 0.4) is 0 Å². The molecule has 106 valence electrons. The Bertz CT molecular complexity index is 673. The lowest BCUT2D eigenvalue weighted by atomic mass is 10.1. The molecule has 2 aromatic carbocycles. The van der Waals surface area contributed by atoms with Gasteiger partial charge in [0.05, 0.1) is 25.3 Å². The summed E-state index contributed by atoms with van der Waals surface area (Å²) in [7, 11) is 1.68. The van der Waals surface area contributed by atoms with Crippen molar-refractivity contribution < 1.29 is 4.74 Å². The Morgan fingerprint density at radius 1 is 1.05 bits per heavy atom. The molecule has 0 aliphatic carbocycles. The number of methoxy groups -OCH3 is 1. The SMILES string of the molecule is COc1ccc(CNc2ccc(-c3cnc[nH]3)cc2)cc1. The Morgan fingerprint density at radius 2 is 1.81 bits per heavy atom. The molecule has 4 heteroatoms. The summed E-state index contributed by atoms with van der Waals surface area (Å²) in [5.41, 5.74) is 4.46. The highest BCUT2D eigenvalue weighted by Gasteiger charge is 1.99. The summed E-state index contributed by atoms with van der Waals surface area (Å²) in [5, 5.41) is 3.40. The van der Waals surface area contributed by atoms with E-state index in [2.05, 4.69) is 51.7 Å². The van der Waals surface area contributed by atoms with Crippen LogP contribution < -0.4 is 10.1 Å². The van der Waals surface area contributed by atoms with E-state index in [0.717, 1.165) is 29.2 Å². The first-order chi connectivity index (χ1) is 10.3. The molecule has 0 saturated carbocycles. The second-order valence-corrected chi connectivity index (χ2v) is 4.74. The Balaban J connectivity index is 1.62. The van der Waals surface area contributed by atoms with E-state index in [0.29, 0.717) is 0 Å². The molecule has 0 amide bonds. The van der Waals surface area contributed by atoms with Crippen molar-refractivity contribution in [3.05, 3.63) is 66.6 Å². The monoisotopic (exact) mass is 279 g/mol. The first-order valence-electron chi connectivity index (χ1n) is 6.81. The number of aromatic nitrogens is 2. The summed E-state index contributed by atoms with van der Waals surface area (Å²) in [6, 6.07) is 16.3. The van der Waals surface area contributed by atoms with Gasteiger partial charge in [-0.3, -0.25) is 0 Å². The standard InChI is InChI=1S/C17H17N3O/c1-21-16-8-2-13(3-9-16)10-19-15-6-4-14(5-7-15)17-11-18-12-20-17/h2-9,11-12,19H,10H2,1H3,(H,18,20). The molecule has 3 rings (SSSR count). The number of nitrogens with one attached hydrogen (secondary N) is 2. The van der Waals surface area contributed by atoms with Crippen LogP contribution in [0.1, 0.15) is 5.56 Å². The van der Waals surface area contributed by atoms with E-state index in [-0.39, 0.29) is 0 Å². The molecule has 0 fully saturated rings. The molecule has 0 spiro atoms. The average molecular weight is 279 g/mol. The highest BCUT2D eigenvalue weighted by atomic mass is 16.5. The van der Waals surface area contributed by atoms with Crippen molar-refractivity contribution in [2.24, 2.45) is 0 Å². The first-order valence-corrected chi connectivity index (χ1v) is 6.81.